The average Bonchev–Trinajstić information content (AvgIpc) is 2.59. The van der Waals surface area contributed by atoms with E-state index in [1.807, 2.05) is 25.1 Å². The number of hydrogen-bond acceptors (Lipinski definition) is 2. The van der Waals surface area contributed by atoms with E-state index < -0.39 is 0 Å². The van der Waals surface area contributed by atoms with E-state index in [4.69, 9.17) is 17.3 Å². The number of amides is 1. The zero-order valence-corrected chi connectivity index (χ0v) is 10.6. The van der Waals surface area contributed by atoms with Gasteiger partial charge >= 0.3 is 0 Å². The fourth-order valence-electron chi connectivity index (χ4n) is 2.28. The molecule has 3 nitrogen and oxygen atoms in total. The van der Waals surface area contributed by atoms with Gasteiger partial charge in [-0.1, -0.05) is 17.7 Å². The average molecular weight is 253 g/mol. The second kappa shape index (κ2) is 5.07. The van der Waals surface area contributed by atoms with Gasteiger partial charge in [0.25, 0.3) is 0 Å². The lowest BCUT2D eigenvalue weighted by Gasteiger charge is -2.15. The minimum Gasteiger partial charge on any atom is -0.349 e. The summed E-state index contributed by atoms with van der Waals surface area (Å²) < 4.78 is 0. The maximum Gasteiger partial charge on any atom is 0.222 e. The van der Waals surface area contributed by atoms with Gasteiger partial charge in [-0.2, -0.15) is 0 Å². The summed E-state index contributed by atoms with van der Waals surface area (Å²) in [4.78, 5) is 11.7. The van der Waals surface area contributed by atoms with Crippen molar-refractivity contribution in [3.8, 4) is 0 Å². The molecule has 4 heteroatoms. The van der Waals surface area contributed by atoms with E-state index in [0.717, 1.165) is 17.9 Å². The lowest BCUT2D eigenvalue weighted by molar-refractivity contribution is -0.122. The van der Waals surface area contributed by atoms with Crippen molar-refractivity contribution in [3.63, 3.8) is 0 Å². The summed E-state index contributed by atoms with van der Waals surface area (Å²) in [6.45, 7) is 1.84. The van der Waals surface area contributed by atoms with Crippen LogP contribution in [0, 0.1) is 0 Å². The van der Waals surface area contributed by atoms with Crippen LogP contribution in [-0.2, 0) is 11.2 Å². The molecular formula is C13H17ClN2O. The topological polar surface area (TPSA) is 55.1 Å². The predicted octanol–water partition coefficient (Wildman–Crippen LogP) is 2.18. The monoisotopic (exact) mass is 252 g/mol. The Balaban J connectivity index is 2.05. The summed E-state index contributed by atoms with van der Waals surface area (Å²) in [5, 5.41) is 3.78. The molecule has 0 spiro atoms. The summed E-state index contributed by atoms with van der Waals surface area (Å²) in [6.07, 6.45) is 2.29. The van der Waals surface area contributed by atoms with Gasteiger partial charge in [-0.3, -0.25) is 4.79 Å². The zero-order valence-electron chi connectivity index (χ0n) is 9.87. The van der Waals surface area contributed by atoms with E-state index in [0.29, 0.717) is 6.42 Å². The van der Waals surface area contributed by atoms with E-state index >= 15 is 0 Å². The molecule has 0 heterocycles. The van der Waals surface area contributed by atoms with Crippen LogP contribution in [0.25, 0.3) is 0 Å². The third-order valence-electron chi connectivity index (χ3n) is 3.03. The SMILES string of the molecule is CC(N)CC(=O)NC1CCc2cc(Cl)ccc21. The Labute approximate surface area is 106 Å². The van der Waals surface area contributed by atoms with Crippen molar-refractivity contribution in [2.24, 2.45) is 5.73 Å². The molecule has 2 atom stereocenters. The zero-order chi connectivity index (χ0) is 12.4. The van der Waals surface area contributed by atoms with Gasteiger partial charge in [-0.15, -0.1) is 0 Å². The molecule has 0 bridgehead atoms. The number of carbonyl (C=O) groups is 1. The number of halogens is 1. The van der Waals surface area contributed by atoms with Crippen LogP contribution in [0.5, 0.6) is 0 Å². The molecule has 0 fully saturated rings. The number of nitrogens with two attached hydrogens (primary N) is 1. The largest absolute Gasteiger partial charge is 0.349 e. The number of nitrogens with one attached hydrogen (secondary N) is 1. The lowest BCUT2D eigenvalue weighted by Crippen LogP contribution is -2.32. The Morgan fingerprint density at radius 1 is 1.65 bits per heavy atom. The van der Waals surface area contributed by atoms with Gasteiger partial charge in [-0.05, 0) is 43.0 Å². The van der Waals surface area contributed by atoms with Crippen molar-refractivity contribution in [3.05, 3.63) is 34.3 Å². The van der Waals surface area contributed by atoms with Gasteiger partial charge in [0.2, 0.25) is 5.91 Å². The van der Waals surface area contributed by atoms with Crippen molar-refractivity contribution in [1.82, 2.24) is 5.32 Å². The molecule has 0 aromatic heterocycles. The molecule has 1 aromatic carbocycles. The molecule has 17 heavy (non-hydrogen) atoms. The molecule has 1 aromatic rings. The first-order valence-corrected chi connectivity index (χ1v) is 6.27. The van der Waals surface area contributed by atoms with Crippen molar-refractivity contribution in [1.29, 1.82) is 0 Å². The second-order valence-electron chi connectivity index (χ2n) is 4.68. The Morgan fingerprint density at radius 2 is 2.41 bits per heavy atom. The highest BCUT2D eigenvalue weighted by molar-refractivity contribution is 6.30. The van der Waals surface area contributed by atoms with Crippen LogP contribution in [0.4, 0.5) is 0 Å². The number of fused-ring (bicyclic) bond motifs is 1. The predicted molar refractivity (Wildman–Crippen MR) is 68.9 cm³/mol. The highest BCUT2D eigenvalue weighted by Gasteiger charge is 2.24. The van der Waals surface area contributed by atoms with E-state index in [1.165, 1.54) is 11.1 Å². The number of carbonyl (C=O) groups excluding carboxylic acids is 1. The maximum absolute atomic E-state index is 11.7. The Morgan fingerprint density at radius 3 is 3.12 bits per heavy atom. The molecule has 0 saturated heterocycles. The summed E-state index contributed by atoms with van der Waals surface area (Å²) >= 11 is 5.94. The highest BCUT2D eigenvalue weighted by atomic mass is 35.5. The third kappa shape index (κ3) is 2.99. The summed E-state index contributed by atoms with van der Waals surface area (Å²) in [5.74, 6) is 0.0211. The standard InChI is InChI=1S/C13H17ClN2O/c1-8(15)6-13(17)16-12-5-2-9-7-10(14)3-4-11(9)12/h3-4,7-8,12H,2,5-6,15H2,1H3,(H,16,17). The smallest absolute Gasteiger partial charge is 0.222 e. The molecule has 1 aliphatic rings. The first kappa shape index (κ1) is 12.4. The van der Waals surface area contributed by atoms with Crippen molar-refractivity contribution >= 4 is 17.5 Å². The van der Waals surface area contributed by atoms with Crippen molar-refractivity contribution < 1.29 is 4.79 Å². The van der Waals surface area contributed by atoms with Gasteiger partial charge in [0, 0.05) is 17.5 Å². The number of aryl methyl sites for hydroxylation is 1. The van der Waals surface area contributed by atoms with Crippen LogP contribution in [-0.4, -0.2) is 11.9 Å². The van der Waals surface area contributed by atoms with Gasteiger partial charge in [0.1, 0.15) is 0 Å². The van der Waals surface area contributed by atoms with Gasteiger partial charge in [0.15, 0.2) is 0 Å². The lowest BCUT2D eigenvalue weighted by atomic mass is 10.1. The fraction of sp³-hybridized carbons (Fsp3) is 0.462. The van der Waals surface area contributed by atoms with Crippen molar-refractivity contribution in [2.45, 2.75) is 38.3 Å². The minimum atomic E-state index is -0.0962. The van der Waals surface area contributed by atoms with E-state index in [2.05, 4.69) is 5.32 Å². The van der Waals surface area contributed by atoms with Crippen LogP contribution in [0.15, 0.2) is 18.2 Å². The Bertz CT molecular complexity index is 431. The maximum atomic E-state index is 11.7. The molecule has 92 valence electrons. The molecule has 0 aliphatic heterocycles. The fourth-order valence-corrected chi connectivity index (χ4v) is 2.48. The molecule has 0 saturated carbocycles. The Kier molecular flexibility index (Phi) is 3.69. The molecule has 2 rings (SSSR count). The van der Waals surface area contributed by atoms with Crippen LogP contribution in [0.1, 0.15) is 36.9 Å². The van der Waals surface area contributed by atoms with Crippen LogP contribution in [0.2, 0.25) is 5.02 Å². The molecule has 3 N–H and O–H groups in total. The molecular weight excluding hydrogens is 236 g/mol. The third-order valence-corrected chi connectivity index (χ3v) is 3.26. The van der Waals surface area contributed by atoms with E-state index in [-0.39, 0.29) is 18.0 Å². The normalized spacial score (nSPS) is 19.8. The summed E-state index contributed by atoms with van der Waals surface area (Å²) in [5.41, 5.74) is 8.03. The summed E-state index contributed by atoms with van der Waals surface area (Å²) in [6, 6.07) is 5.88. The Hall–Kier alpha value is -1.06. The van der Waals surface area contributed by atoms with Gasteiger partial charge < -0.3 is 11.1 Å². The number of benzene rings is 1. The van der Waals surface area contributed by atoms with Crippen molar-refractivity contribution in [2.75, 3.05) is 0 Å². The molecule has 2 unspecified atom stereocenters. The minimum absolute atomic E-state index is 0.0211. The molecule has 0 radical (unpaired) electrons. The first-order valence-electron chi connectivity index (χ1n) is 5.89. The van der Waals surface area contributed by atoms with Gasteiger partial charge in [0.05, 0.1) is 6.04 Å². The summed E-state index contributed by atoms with van der Waals surface area (Å²) in [7, 11) is 0. The van der Waals surface area contributed by atoms with Crippen LogP contribution in [0.3, 0.4) is 0 Å². The second-order valence-corrected chi connectivity index (χ2v) is 5.12. The van der Waals surface area contributed by atoms with E-state index in [9.17, 15) is 4.79 Å². The number of hydrogen-bond donors (Lipinski definition) is 2. The highest BCUT2D eigenvalue weighted by Crippen LogP contribution is 2.32. The molecule has 1 amide bonds. The first-order chi connectivity index (χ1) is 8.06. The van der Waals surface area contributed by atoms with Crippen LogP contribution >= 0.6 is 11.6 Å². The van der Waals surface area contributed by atoms with Crippen LogP contribution < -0.4 is 11.1 Å². The quantitative estimate of drug-likeness (QED) is 0.866. The van der Waals surface area contributed by atoms with E-state index in [1.54, 1.807) is 0 Å². The number of rotatable bonds is 3. The molecule has 1 aliphatic carbocycles. The van der Waals surface area contributed by atoms with Gasteiger partial charge in [-0.25, -0.2) is 0 Å².